The molecule has 0 radical (unpaired) electrons. The standard InChI is InChI=1S/C11H10F3N3O/c12-11(13,14)17-10(15)16-9(18)7-6-8-4-2-1-3-5-8/h1-7H,(H3,15,16,17,18). The predicted octanol–water partition coefficient (Wildman–Crippen LogP) is 1.65. The first-order chi connectivity index (χ1) is 8.37. The molecule has 0 unspecified atom stereocenters. The minimum absolute atomic E-state index is 0.735. The van der Waals surface area contributed by atoms with Crippen LogP contribution in [0.4, 0.5) is 13.2 Å². The third kappa shape index (κ3) is 5.69. The van der Waals surface area contributed by atoms with Crippen LogP contribution in [0, 0.1) is 0 Å². The van der Waals surface area contributed by atoms with Gasteiger partial charge < -0.3 is 5.73 Å². The van der Waals surface area contributed by atoms with Gasteiger partial charge in [0.15, 0.2) is 0 Å². The van der Waals surface area contributed by atoms with E-state index in [4.69, 9.17) is 5.73 Å². The molecular formula is C11H10F3N3O. The van der Waals surface area contributed by atoms with E-state index in [2.05, 4.69) is 4.99 Å². The van der Waals surface area contributed by atoms with Gasteiger partial charge in [-0.3, -0.25) is 10.1 Å². The number of nitrogens with two attached hydrogens (primary N) is 1. The van der Waals surface area contributed by atoms with Crippen molar-refractivity contribution in [3.05, 3.63) is 42.0 Å². The zero-order chi connectivity index (χ0) is 13.6. The molecule has 0 spiro atoms. The SMILES string of the molecule is NC(=NC(F)(F)F)NC(=O)C=Cc1ccccc1. The molecule has 0 bridgehead atoms. The summed E-state index contributed by atoms with van der Waals surface area (Å²) in [5.74, 6) is -1.78. The van der Waals surface area contributed by atoms with Gasteiger partial charge in [0, 0.05) is 6.08 Å². The van der Waals surface area contributed by atoms with Crippen molar-refractivity contribution in [3.8, 4) is 0 Å². The van der Waals surface area contributed by atoms with Crippen molar-refractivity contribution < 1.29 is 18.0 Å². The molecule has 0 aromatic heterocycles. The van der Waals surface area contributed by atoms with Crippen molar-refractivity contribution >= 4 is 17.9 Å². The number of nitrogens with one attached hydrogen (secondary N) is 1. The van der Waals surface area contributed by atoms with Gasteiger partial charge in [-0.25, -0.2) is 0 Å². The van der Waals surface area contributed by atoms with E-state index in [0.29, 0.717) is 0 Å². The molecule has 7 heteroatoms. The maximum atomic E-state index is 11.8. The van der Waals surface area contributed by atoms with Crippen LogP contribution in [0.1, 0.15) is 5.56 Å². The van der Waals surface area contributed by atoms with Crippen LogP contribution in [0.25, 0.3) is 6.08 Å². The maximum absolute atomic E-state index is 11.8. The van der Waals surface area contributed by atoms with Gasteiger partial charge >= 0.3 is 6.30 Å². The Bertz CT molecular complexity index is 466. The number of carbonyl (C=O) groups is 1. The van der Waals surface area contributed by atoms with E-state index in [9.17, 15) is 18.0 Å². The molecule has 3 N–H and O–H groups in total. The number of hydrogen-bond acceptors (Lipinski definition) is 2. The summed E-state index contributed by atoms with van der Waals surface area (Å²) in [5.41, 5.74) is 5.63. The molecule has 1 amide bonds. The number of carbonyl (C=O) groups excluding carboxylic acids is 1. The average molecular weight is 257 g/mol. The second kappa shape index (κ2) is 5.85. The van der Waals surface area contributed by atoms with Gasteiger partial charge in [0.05, 0.1) is 0 Å². The highest BCUT2D eigenvalue weighted by Crippen LogP contribution is 2.15. The Balaban J connectivity index is 2.58. The lowest BCUT2D eigenvalue weighted by molar-refractivity contribution is -0.120. The Hall–Kier alpha value is -2.31. The summed E-state index contributed by atoms with van der Waals surface area (Å²) in [4.78, 5) is 13.3. The molecule has 0 saturated carbocycles. The normalized spacial score (nSPS) is 12.7. The van der Waals surface area contributed by atoms with E-state index in [1.807, 2.05) is 0 Å². The van der Waals surface area contributed by atoms with Gasteiger partial charge in [0.2, 0.25) is 5.96 Å². The van der Waals surface area contributed by atoms with Crippen LogP contribution in [0.2, 0.25) is 0 Å². The summed E-state index contributed by atoms with van der Waals surface area (Å²) in [7, 11) is 0. The molecular weight excluding hydrogens is 247 g/mol. The van der Waals surface area contributed by atoms with Gasteiger partial charge in [0.1, 0.15) is 0 Å². The number of alkyl halides is 3. The van der Waals surface area contributed by atoms with Crippen LogP contribution in [0.15, 0.2) is 41.4 Å². The lowest BCUT2D eigenvalue weighted by atomic mass is 10.2. The summed E-state index contributed by atoms with van der Waals surface area (Å²) in [5, 5.41) is 1.79. The highest BCUT2D eigenvalue weighted by Gasteiger charge is 2.26. The first-order valence-corrected chi connectivity index (χ1v) is 4.83. The Labute approximate surface area is 101 Å². The number of amides is 1. The lowest BCUT2D eigenvalue weighted by Crippen LogP contribution is -2.37. The van der Waals surface area contributed by atoms with Crippen LogP contribution in [0.5, 0.6) is 0 Å². The third-order valence-electron chi connectivity index (χ3n) is 1.73. The quantitative estimate of drug-likeness (QED) is 0.366. The Morgan fingerprint density at radius 3 is 2.44 bits per heavy atom. The van der Waals surface area contributed by atoms with E-state index in [0.717, 1.165) is 11.6 Å². The molecule has 1 rings (SSSR count). The highest BCUT2D eigenvalue weighted by atomic mass is 19.4. The van der Waals surface area contributed by atoms with E-state index in [1.165, 1.54) is 6.08 Å². The van der Waals surface area contributed by atoms with Crippen molar-refractivity contribution in [3.63, 3.8) is 0 Å². The number of guanidine groups is 1. The van der Waals surface area contributed by atoms with E-state index in [1.54, 1.807) is 35.6 Å². The largest absolute Gasteiger partial charge is 0.506 e. The summed E-state index contributed by atoms with van der Waals surface area (Å²) in [6, 6.07) is 8.79. The van der Waals surface area contributed by atoms with Gasteiger partial charge in [-0.2, -0.15) is 4.99 Å². The second-order valence-corrected chi connectivity index (χ2v) is 3.20. The molecule has 0 aliphatic carbocycles. The number of benzene rings is 1. The van der Waals surface area contributed by atoms with E-state index >= 15 is 0 Å². The van der Waals surface area contributed by atoms with Crippen LogP contribution in [-0.4, -0.2) is 18.2 Å². The molecule has 0 heterocycles. The molecule has 0 atom stereocenters. The van der Waals surface area contributed by atoms with Crippen LogP contribution >= 0.6 is 0 Å². The fourth-order valence-corrected chi connectivity index (χ4v) is 1.07. The molecule has 0 fully saturated rings. The zero-order valence-electron chi connectivity index (χ0n) is 9.11. The first kappa shape index (κ1) is 13.8. The van der Waals surface area contributed by atoms with Gasteiger partial charge in [-0.05, 0) is 11.6 Å². The maximum Gasteiger partial charge on any atom is 0.506 e. The highest BCUT2D eigenvalue weighted by molar-refractivity contribution is 6.03. The van der Waals surface area contributed by atoms with Crippen molar-refractivity contribution in [1.82, 2.24) is 5.32 Å². The van der Waals surface area contributed by atoms with Gasteiger partial charge in [-0.15, -0.1) is 13.2 Å². The number of halogens is 3. The molecule has 96 valence electrons. The minimum atomic E-state index is -4.81. The van der Waals surface area contributed by atoms with Crippen molar-refractivity contribution in [1.29, 1.82) is 0 Å². The molecule has 1 aromatic carbocycles. The number of hydrogen-bond donors (Lipinski definition) is 2. The van der Waals surface area contributed by atoms with Gasteiger partial charge in [0.25, 0.3) is 5.91 Å². The summed E-state index contributed by atoms with van der Waals surface area (Å²) in [6.45, 7) is 0. The van der Waals surface area contributed by atoms with Crippen molar-refractivity contribution in [2.75, 3.05) is 0 Å². The number of rotatable bonds is 2. The van der Waals surface area contributed by atoms with Crippen molar-refractivity contribution in [2.24, 2.45) is 10.7 Å². The minimum Gasteiger partial charge on any atom is -0.369 e. The second-order valence-electron chi connectivity index (χ2n) is 3.20. The lowest BCUT2D eigenvalue weighted by Gasteiger charge is -2.02. The summed E-state index contributed by atoms with van der Waals surface area (Å²) in [6.07, 6.45) is -2.30. The molecule has 0 aliphatic heterocycles. The van der Waals surface area contributed by atoms with Gasteiger partial charge in [-0.1, -0.05) is 30.3 Å². The summed E-state index contributed by atoms with van der Waals surface area (Å²) >= 11 is 0. The van der Waals surface area contributed by atoms with Crippen molar-refractivity contribution in [2.45, 2.75) is 6.30 Å². The fourth-order valence-electron chi connectivity index (χ4n) is 1.07. The Morgan fingerprint density at radius 1 is 1.28 bits per heavy atom. The molecule has 4 nitrogen and oxygen atoms in total. The summed E-state index contributed by atoms with van der Waals surface area (Å²) < 4.78 is 35.3. The first-order valence-electron chi connectivity index (χ1n) is 4.83. The number of nitrogens with zero attached hydrogens (tertiary/aromatic N) is 1. The molecule has 0 saturated heterocycles. The van der Waals surface area contributed by atoms with E-state index in [-0.39, 0.29) is 0 Å². The zero-order valence-corrected chi connectivity index (χ0v) is 9.11. The Morgan fingerprint density at radius 2 is 1.89 bits per heavy atom. The average Bonchev–Trinajstić information content (AvgIpc) is 2.25. The fraction of sp³-hybridized carbons (Fsp3) is 0.0909. The van der Waals surface area contributed by atoms with Crippen LogP contribution < -0.4 is 11.1 Å². The molecule has 1 aromatic rings. The van der Waals surface area contributed by atoms with Crippen LogP contribution in [0.3, 0.4) is 0 Å². The van der Waals surface area contributed by atoms with Crippen LogP contribution in [-0.2, 0) is 4.79 Å². The number of aliphatic imine (C=N–C) groups is 1. The van der Waals surface area contributed by atoms with E-state index < -0.39 is 18.2 Å². The smallest absolute Gasteiger partial charge is 0.369 e. The molecule has 0 aliphatic rings. The Kier molecular flexibility index (Phi) is 4.47. The topological polar surface area (TPSA) is 67.5 Å². The monoisotopic (exact) mass is 257 g/mol. The predicted molar refractivity (Wildman–Crippen MR) is 61.3 cm³/mol. The third-order valence-corrected chi connectivity index (χ3v) is 1.73. The molecule has 18 heavy (non-hydrogen) atoms.